The summed E-state index contributed by atoms with van der Waals surface area (Å²) in [5.74, 6) is 0.967. The van der Waals surface area contributed by atoms with E-state index >= 15 is 0 Å². The van der Waals surface area contributed by atoms with Crippen molar-refractivity contribution in [1.29, 1.82) is 0 Å². The molecule has 0 unspecified atom stereocenters. The summed E-state index contributed by atoms with van der Waals surface area (Å²) in [6, 6.07) is 3.28. The maximum Gasteiger partial charge on any atom is 0.231 e. The van der Waals surface area contributed by atoms with Gasteiger partial charge in [0.1, 0.15) is 0 Å². The molecular formula is C13H15ClO5S. The third-order valence-corrected chi connectivity index (χ3v) is 5.27. The zero-order chi connectivity index (χ0) is 14.2. The van der Waals surface area contributed by atoms with Crippen molar-refractivity contribution < 1.29 is 22.6 Å². The lowest BCUT2D eigenvalue weighted by molar-refractivity contribution is 0.127. The first-order valence-corrected chi connectivity index (χ1v) is 8.63. The van der Waals surface area contributed by atoms with Gasteiger partial charge in [0, 0.05) is 6.61 Å². The summed E-state index contributed by atoms with van der Waals surface area (Å²) >= 11 is 6.05. The Hall–Kier alpha value is -0.980. The highest BCUT2D eigenvalue weighted by molar-refractivity contribution is 7.90. The molecule has 1 aromatic rings. The van der Waals surface area contributed by atoms with Crippen LogP contribution in [0, 0.1) is 0 Å². The number of ether oxygens (including phenoxy) is 3. The molecular weight excluding hydrogens is 304 g/mol. The van der Waals surface area contributed by atoms with E-state index in [1.807, 2.05) is 0 Å². The molecule has 1 fully saturated rings. The highest BCUT2D eigenvalue weighted by Gasteiger charge is 2.25. The molecule has 0 saturated carbocycles. The second kappa shape index (κ2) is 5.42. The zero-order valence-electron chi connectivity index (χ0n) is 10.8. The Bertz CT molecular complexity index is 607. The molecule has 1 aromatic carbocycles. The van der Waals surface area contributed by atoms with E-state index in [2.05, 4.69) is 0 Å². The molecule has 0 spiro atoms. The lowest BCUT2D eigenvalue weighted by atomic mass is 10.2. The molecule has 2 aliphatic heterocycles. The van der Waals surface area contributed by atoms with Gasteiger partial charge in [-0.15, -0.1) is 0 Å². The van der Waals surface area contributed by atoms with Gasteiger partial charge in [-0.1, -0.05) is 11.6 Å². The fraction of sp³-hybridized carbons (Fsp3) is 0.538. The summed E-state index contributed by atoms with van der Waals surface area (Å²) in [4.78, 5) is 0. The van der Waals surface area contributed by atoms with E-state index in [1.165, 1.54) is 0 Å². The topological polar surface area (TPSA) is 61.8 Å². The molecule has 0 N–H and O–H groups in total. The van der Waals surface area contributed by atoms with Gasteiger partial charge >= 0.3 is 0 Å². The smallest absolute Gasteiger partial charge is 0.231 e. The number of hydrogen-bond donors (Lipinski definition) is 0. The summed E-state index contributed by atoms with van der Waals surface area (Å²) in [6.45, 7) is 0.761. The fourth-order valence-corrected chi connectivity index (χ4v) is 4.39. The molecule has 2 heterocycles. The molecule has 0 amide bonds. The van der Waals surface area contributed by atoms with Crippen LogP contribution in [0.5, 0.6) is 11.5 Å². The van der Waals surface area contributed by atoms with E-state index in [9.17, 15) is 8.42 Å². The maximum absolute atomic E-state index is 12.2. The van der Waals surface area contributed by atoms with Crippen LogP contribution >= 0.6 is 11.6 Å². The van der Waals surface area contributed by atoms with E-state index in [-0.39, 0.29) is 24.4 Å². The molecule has 0 aromatic heterocycles. The minimum absolute atomic E-state index is 0.0546. The quantitative estimate of drug-likeness (QED) is 0.851. The van der Waals surface area contributed by atoms with Gasteiger partial charge < -0.3 is 14.2 Å². The highest BCUT2D eigenvalue weighted by Crippen LogP contribution is 2.40. The first-order valence-electron chi connectivity index (χ1n) is 6.43. The first kappa shape index (κ1) is 14.0. The number of fused-ring (bicyclic) bond motifs is 1. The van der Waals surface area contributed by atoms with E-state index in [4.69, 9.17) is 25.8 Å². The standard InChI is InChI=1S/C13H15ClO5S/c14-11-4-9(5-12-13(11)19-8-18-12)6-20(15,16)7-10-2-1-3-17-10/h4-5,10H,1-3,6-8H2/t10-/m0/s1. The second-order valence-corrected chi connectivity index (χ2v) is 7.52. The van der Waals surface area contributed by atoms with Crippen LogP contribution in [-0.2, 0) is 20.3 Å². The highest BCUT2D eigenvalue weighted by atomic mass is 35.5. The molecule has 3 rings (SSSR count). The predicted molar refractivity (Wildman–Crippen MR) is 74.0 cm³/mol. The number of halogens is 1. The molecule has 0 aliphatic carbocycles. The molecule has 1 saturated heterocycles. The van der Waals surface area contributed by atoms with Gasteiger partial charge in [0.25, 0.3) is 0 Å². The van der Waals surface area contributed by atoms with Gasteiger partial charge in [0.2, 0.25) is 6.79 Å². The summed E-state index contributed by atoms with van der Waals surface area (Å²) in [7, 11) is -3.23. The third-order valence-electron chi connectivity index (χ3n) is 3.34. The summed E-state index contributed by atoms with van der Waals surface area (Å²) in [6.07, 6.45) is 1.56. The molecule has 110 valence electrons. The van der Waals surface area contributed by atoms with Crippen LogP contribution in [-0.4, -0.2) is 33.7 Å². The minimum atomic E-state index is -3.23. The molecule has 1 atom stereocenters. The number of benzene rings is 1. The van der Waals surface area contributed by atoms with Crippen LogP contribution in [0.15, 0.2) is 12.1 Å². The fourth-order valence-electron chi connectivity index (χ4n) is 2.48. The van der Waals surface area contributed by atoms with Crippen molar-refractivity contribution in [2.75, 3.05) is 19.2 Å². The molecule has 20 heavy (non-hydrogen) atoms. The monoisotopic (exact) mass is 318 g/mol. The number of rotatable bonds is 4. The normalized spacial score (nSPS) is 21.4. The van der Waals surface area contributed by atoms with Crippen molar-refractivity contribution in [1.82, 2.24) is 0 Å². The van der Waals surface area contributed by atoms with Crippen molar-refractivity contribution in [3.63, 3.8) is 0 Å². The Morgan fingerprint density at radius 2 is 2.15 bits per heavy atom. The molecule has 0 bridgehead atoms. The van der Waals surface area contributed by atoms with Gasteiger partial charge in [-0.3, -0.25) is 0 Å². The van der Waals surface area contributed by atoms with Crippen LogP contribution in [0.3, 0.4) is 0 Å². The molecule has 2 aliphatic rings. The number of sulfone groups is 1. The summed E-state index contributed by atoms with van der Waals surface area (Å²) in [5, 5.41) is 0.377. The van der Waals surface area contributed by atoms with Crippen molar-refractivity contribution >= 4 is 21.4 Å². The van der Waals surface area contributed by atoms with Crippen molar-refractivity contribution in [3.05, 3.63) is 22.7 Å². The Balaban J connectivity index is 1.75. The van der Waals surface area contributed by atoms with Crippen molar-refractivity contribution in [2.45, 2.75) is 24.7 Å². The summed E-state index contributed by atoms with van der Waals surface area (Å²) < 4.78 is 40.2. The van der Waals surface area contributed by atoms with Crippen molar-refractivity contribution in [2.24, 2.45) is 0 Å². The Morgan fingerprint density at radius 1 is 1.30 bits per heavy atom. The molecule has 5 nitrogen and oxygen atoms in total. The van der Waals surface area contributed by atoms with Crippen LogP contribution in [0.2, 0.25) is 5.02 Å². The van der Waals surface area contributed by atoms with Crippen LogP contribution in [0.4, 0.5) is 0 Å². The van der Waals surface area contributed by atoms with E-state index in [0.29, 0.717) is 28.7 Å². The van der Waals surface area contributed by atoms with E-state index in [1.54, 1.807) is 12.1 Å². The first-order chi connectivity index (χ1) is 9.53. The maximum atomic E-state index is 12.2. The minimum Gasteiger partial charge on any atom is -0.454 e. The van der Waals surface area contributed by atoms with Gasteiger partial charge in [-0.05, 0) is 30.5 Å². The SMILES string of the molecule is O=S(=O)(Cc1cc(Cl)c2c(c1)OCO2)C[C@@H]1CCCO1. The van der Waals surface area contributed by atoms with Crippen LogP contribution in [0.25, 0.3) is 0 Å². The third kappa shape index (κ3) is 3.02. The lowest BCUT2D eigenvalue weighted by Gasteiger charge is -2.11. The zero-order valence-corrected chi connectivity index (χ0v) is 12.4. The van der Waals surface area contributed by atoms with E-state index < -0.39 is 9.84 Å². The van der Waals surface area contributed by atoms with Crippen LogP contribution in [0.1, 0.15) is 18.4 Å². The van der Waals surface area contributed by atoms with Crippen LogP contribution < -0.4 is 9.47 Å². The molecule has 7 heteroatoms. The van der Waals surface area contributed by atoms with Gasteiger partial charge in [0.15, 0.2) is 21.3 Å². The Morgan fingerprint density at radius 3 is 2.90 bits per heavy atom. The second-order valence-electron chi connectivity index (χ2n) is 5.00. The average molecular weight is 319 g/mol. The summed E-state index contributed by atoms with van der Waals surface area (Å²) in [5.41, 5.74) is 0.609. The van der Waals surface area contributed by atoms with E-state index in [0.717, 1.165) is 12.8 Å². The van der Waals surface area contributed by atoms with Gasteiger partial charge in [-0.2, -0.15) is 0 Å². The van der Waals surface area contributed by atoms with Gasteiger partial charge in [-0.25, -0.2) is 8.42 Å². The predicted octanol–water partition coefficient (Wildman–Crippen LogP) is 2.16. The average Bonchev–Trinajstić information content (AvgIpc) is 2.98. The Kier molecular flexibility index (Phi) is 3.79. The van der Waals surface area contributed by atoms with Crippen molar-refractivity contribution in [3.8, 4) is 11.5 Å². The number of hydrogen-bond acceptors (Lipinski definition) is 5. The molecule has 0 radical (unpaired) electrons. The largest absolute Gasteiger partial charge is 0.454 e. The lowest BCUT2D eigenvalue weighted by Crippen LogP contribution is -2.21. The Labute approximate surface area is 122 Å². The van der Waals surface area contributed by atoms with Gasteiger partial charge in [0.05, 0.1) is 22.6 Å².